The minimum atomic E-state index is -0.192. The van der Waals surface area contributed by atoms with Crippen LogP contribution < -0.4 is 5.32 Å². The number of amides is 1. The highest BCUT2D eigenvalue weighted by atomic mass is 35.5. The fraction of sp³-hybridized carbons (Fsp3) is 0.105. The van der Waals surface area contributed by atoms with Gasteiger partial charge in [-0.25, -0.2) is 4.98 Å². The van der Waals surface area contributed by atoms with Gasteiger partial charge in [0, 0.05) is 22.2 Å². The van der Waals surface area contributed by atoms with Gasteiger partial charge in [0.05, 0.1) is 22.2 Å². The Bertz CT molecular complexity index is 948. The van der Waals surface area contributed by atoms with Crippen molar-refractivity contribution in [3.63, 3.8) is 0 Å². The molecule has 1 N–H and O–H groups in total. The average Bonchev–Trinajstić information content (AvgIpc) is 3.03. The lowest BCUT2D eigenvalue weighted by Gasteiger charge is -2.05. The molecule has 0 saturated carbocycles. The Kier molecular flexibility index (Phi) is 5.71. The maximum atomic E-state index is 12.2. The molecule has 0 unspecified atom stereocenters. The molecule has 0 aliphatic rings. The van der Waals surface area contributed by atoms with E-state index in [1.54, 1.807) is 42.5 Å². The van der Waals surface area contributed by atoms with E-state index in [9.17, 15) is 9.59 Å². The van der Waals surface area contributed by atoms with Crippen molar-refractivity contribution in [2.75, 3.05) is 5.32 Å². The number of Topliss-reactive ketones (excluding diaryl/α,β-unsaturated/α-hetero) is 1. The van der Waals surface area contributed by atoms with Crippen molar-refractivity contribution in [3.8, 4) is 10.6 Å². The third kappa shape index (κ3) is 4.30. The fourth-order valence-electron chi connectivity index (χ4n) is 2.36. The molecule has 0 atom stereocenters. The van der Waals surface area contributed by atoms with Crippen molar-refractivity contribution in [2.45, 2.75) is 13.3 Å². The predicted octanol–water partition coefficient (Wildman–Crippen LogP) is 5.50. The molecule has 0 radical (unpaired) electrons. The highest BCUT2D eigenvalue weighted by Gasteiger charge is 2.14. The van der Waals surface area contributed by atoms with Gasteiger partial charge in [-0.1, -0.05) is 29.3 Å². The first-order valence-electron chi connectivity index (χ1n) is 7.73. The first-order valence-corrected chi connectivity index (χ1v) is 9.37. The van der Waals surface area contributed by atoms with Crippen molar-refractivity contribution in [2.24, 2.45) is 0 Å². The minimum Gasteiger partial charge on any atom is -0.326 e. The zero-order valence-corrected chi connectivity index (χ0v) is 16.1. The molecule has 4 nitrogen and oxygen atoms in total. The summed E-state index contributed by atoms with van der Waals surface area (Å²) < 4.78 is 0. The topological polar surface area (TPSA) is 59.1 Å². The van der Waals surface area contributed by atoms with Crippen molar-refractivity contribution in [1.82, 2.24) is 4.98 Å². The number of aromatic nitrogens is 1. The van der Waals surface area contributed by atoms with Crippen LogP contribution in [0, 0.1) is 0 Å². The molecule has 1 heterocycles. The molecular formula is C19H14Cl2N2O2S. The quantitative estimate of drug-likeness (QED) is 0.570. The SMILES string of the molecule is CC(=O)c1ccc(NC(=O)Cc2csc(-c3c(Cl)cccc3Cl)n2)cc1. The summed E-state index contributed by atoms with van der Waals surface area (Å²) in [5.74, 6) is -0.209. The van der Waals surface area contributed by atoms with Crippen LogP contribution in [0.3, 0.4) is 0 Å². The summed E-state index contributed by atoms with van der Waals surface area (Å²) in [4.78, 5) is 28.0. The van der Waals surface area contributed by atoms with Gasteiger partial charge in [0.15, 0.2) is 5.78 Å². The Labute approximate surface area is 164 Å². The molecule has 0 fully saturated rings. The first-order chi connectivity index (χ1) is 12.4. The van der Waals surface area contributed by atoms with E-state index in [0.717, 1.165) is 0 Å². The second-order valence-electron chi connectivity index (χ2n) is 5.60. The number of hydrogen-bond acceptors (Lipinski definition) is 4. The van der Waals surface area contributed by atoms with E-state index < -0.39 is 0 Å². The van der Waals surface area contributed by atoms with Crippen molar-refractivity contribution < 1.29 is 9.59 Å². The van der Waals surface area contributed by atoms with Crippen LogP contribution in [0.2, 0.25) is 10.0 Å². The molecule has 132 valence electrons. The Morgan fingerprint density at radius 1 is 1.08 bits per heavy atom. The van der Waals surface area contributed by atoms with Crippen LogP contribution in [0.5, 0.6) is 0 Å². The zero-order chi connectivity index (χ0) is 18.7. The van der Waals surface area contributed by atoms with E-state index in [2.05, 4.69) is 10.3 Å². The summed E-state index contributed by atoms with van der Waals surface area (Å²) in [7, 11) is 0. The van der Waals surface area contributed by atoms with Crippen molar-refractivity contribution >= 4 is 51.9 Å². The third-order valence-corrected chi connectivity index (χ3v) is 5.18. The lowest BCUT2D eigenvalue weighted by atomic mass is 10.1. The Hall–Kier alpha value is -2.21. The number of carbonyl (C=O) groups excluding carboxylic acids is 2. The molecule has 0 aliphatic carbocycles. The minimum absolute atomic E-state index is 0.0175. The fourth-order valence-corrected chi connectivity index (χ4v) is 3.94. The maximum Gasteiger partial charge on any atom is 0.230 e. The molecule has 0 saturated heterocycles. The summed E-state index contributed by atoms with van der Waals surface area (Å²) in [6, 6.07) is 12.0. The number of nitrogens with zero attached hydrogens (tertiary/aromatic N) is 1. The molecule has 7 heteroatoms. The van der Waals surface area contributed by atoms with Crippen molar-refractivity contribution in [3.05, 3.63) is 69.1 Å². The van der Waals surface area contributed by atoms with Gasteiger partial charge in [0.2, 0.25) is 5.91 Å². The molecule has 2 aromatic carbocycles. The third-order valence-electron chi connectivity index (χ3n) is 3.65. The molecule has 1 aromatic heterocycles. The van der Waals surface area contributed by atoms with Gasteiger partial charge >= 0.3 is 0 Å². The standard InChI is InChI=1S/C19H14Cl2N2O2S/c1-11(24)12-5-7-13(8-6-12)22-17(25)9-14-10-26-19(23-14)18-15(20)3-2-4-16(18)21/h2-8,10H,9H2,1H3,(H,22,25). The van der Waals surface area contributed by atoms with E-state index in [-0.39, 0.29) is 18.1 Å². The zero-order valence-electron chi connectivity index (χ0n) is 13.8. The number of nitrogens with one attached hydrogen (secondary N) is 1. The normalized spacial score (nSPS) is 10.6. The molecule has 0 bridgehead atoms. The molecule has 3 rings (SSSR count). The first kappa shape index (κ1) is 18.6. The number of hydrogen-bond donors (Lipinski definition) is 1. The second-order valence-corrected chi connectivity index (χ2v) is 7.27. The highest BCUT2D eigenvalue weighted by Crippen LogP contribution is 2.36. The van der Waals surface area contributed by atoms with Gasteiger partial charge in [-0.05, 0) is 43.3 Å². The number of carbonyl (C=O) groups is 2. The van der Waals surface area contributed by atoms with Gasteiger partial charge in [0.1, 0.15) is 5.01 Å². The van der Waals surface area contributed by atoms with E-state index in [0.29, 0.717) is 37.6 Å². The van der Waals surface area contributed by atoms with E-state index >= 15 is 0 Å². The van der Waals surface area contributed by atoms with Gasteiger partial charge in [-0.3, -0.25) is 9.59 Å². The maximum absolute atomic E-state index is 12.2. The highest BCUT2D eigenvalue weighted by molar-refractivity contribution is 7.13. The lowest BCUT2D eigenvalue weighted by Crippen LogP contribution is -2.14. The van der Waals surface area contributed by atoms with Crippen molar-refractivity contribution in [1.29, 1.82) is 0 Å². The van der Waals surface area contributed by atoms with Crippen LogP contribution in [-0.2, 0) is 11.2 Å². The van der Waals surface area contributed by atoms with Crippen LogP contribution >= 0.6 is 34.5 Å². The van der Waals surface area contributed by atoms with Crippen LogP contribution in [0.4, 0.5) is 5.69 Å². The van der Waals surface area contributed by atoms with Gasteiger partial charge in [-0.2, -0.15) is 0 Å². The number of thiazole rings is 1. The Morgan fingerprint density at radius 2 is 1.73 bits per heavy atom. The number of anilines is 1. The van der Waals surface area contributed by atoms with Gasteiger partial charge < -0.3 is 5.32 Å². The number of ketones is 1. The summed E-state index contributed by atoms with van der Waals surface area (Å²) >= 11 is 13.8. The van der Waals surface area contributed by atoms with Crippen LogP contribution in [0.15, 0.2) is 47.8 Å². The van der Waals surface area contributed by atoms with Gasteiger partial charge in [0.25, 0.3) is 0 Å². The molecule has 3 aromatic rings. The second kappa shape index (κ2) is 7.99. The number of halogens is 2. The predicted molar refractivity (Wildman–Crippen MR) is 106 cm³/mol. The summed E-state index contributed by atoms with van der Waals surface area (Å²) in [6.45, 7) is 1.50. The molecular weight excluding hydrogens is 391 g/mol. The average molecular weight is 405 g/mol. The lowest BCUT2D eigenvalue weighted by molar-refractivity contribution is -0.115. The smallest absolute Gasteiger partial charge is 0.230 e. The van der Waals surface area contributed by atoms with Crippen LogP contribution in [-0.4, -0.2) is 16.7 Å². The van der Waals surface area contributed by atoms with E-state index in [1.165, 1.54) is 18.3 Å². The molecule has 0 aliphatic heterocycles. The summed E-state index contributed by atoms with van der Waals surface area (Å²) in [6.07, 6.45) is 0.132. The molecule has 1 amide bonds. The number of benzene rings is 2. The summed E-state index contributed by atoms with van der Waals surface area (Å²) in [5.41, 5.74) is 2.54. The Balaban J connectivity index is 1.69. The summed E-state index contributed by atoms with van der Waals surface area (Å²) in [5, 5.41) is 6.32. The largest absolute Gasteiger partial charge is 0.326 e. The Morgan fingerprint density at radius 3 is 2.35 bits per heavy atom. The van der Waals surface area contributed by atoms with Crippen LogP contribution in [0.25, 0.3) is 10.6 Å². The molecule has 26 heavy (non-hydrogen) atoms. The van der Waals surface area contributed by atoms with Gasteiger partial charge in [-0.15, -0.1) is 11.3 Å². The van der Waals surface area contributed by atoms with Crippen LogP contribution in [0.1, 0.15) is 23.0 Å². The van der Waals surface area contributed by atoms with E-state index in [4.69, 9.17) is 23.2 Å². The molecule has 0 spiro atoms. The number of rotatable bonds is 5. The van der Waals surface area contributed by atoms with E-state index in [1.807, 2.05) is 5.38 Å². The monoisotopic (exact) mass is 404 g/mol.